The first-order valence-electron chi connectivity index (χ1n) is 11.5. The molecule has 1 aromatic heterocycles. The molecule has 3 heterocycles. The SMILES string of the molecule is Cc1ccc2c(c1)Oc1ccccc1C21c2ccccc2Oc2cc(-c3ccccn3)ccc21. The third-order valence-corrected chi connectivity index (χ3v) is 6.91. The van der Waals surface area contributed by atoms with Crippen LogP contribution in [-0.2, 0) is 5.41 Å². The number of hydrogen-bond acceptors (Lipinski definition) is 3. The molecule has 0 radical (unpaired) electrons. The summed E-state index contributed by atoms with van der Waals surface area (Å²) in [5, 5.41) is 0. The third-order valence-electron chi connectivity index (χ3n) is 6.91. The molecule has 34 heavy (non-hydrogen) atoms. The Hall–Kier alpha value is -4.37. The number of hydrogen-bond donors (Lipinski definition) is 0. The summed E-state index contributed by atoms with van der Waals surface area (Å²) in [6.45, 7) is 2.10. The lowest BCUT2D eigenvalue weighted by molar-refractivity contribution is 0.399. The number of fused-ring (bicyclic) bond motifs is 8. The first-order chi connectivity index (χ1) is 16.7. The second-order valence-corrected chi connectivity index (χ2v) is 8.87. The normalized spacial score (nSPS) is 17.0. The quantitative estimate of drug-likeness (QED) is 0.263. The molecule has 0 amide bonds. The van der Waals surface area contributed by atoms with Crippen molar-refractivity contribution >= 4 is 0 Å². The molecule has 2 aliphatic heterocycles. The number of aryl methyl sites for hydroxylation is 1. The highest BCUT2D eigenvalue weighted by Crippen LogP contribution is 2.61. The van der Waals surface area contributed by atoms with E-state index in [2.05, 4.69) is 84.7 Å². The molecule has 162 valence electrons. The number of aromatic nitrogens is 1. The van der Waals surface area contributed by atoms with Crippen molar-refractivity contribution in [3.8, 4) is 34.3 Å². The maximum Gasteiger partial charge on any atom is 0.132 e. The fraction of sp³-hybridized carbons (Fsp3) is 0.0645. The van der Waals surface area contributed by atoms with Gasteiger partial charge >= 0.3 is 0 Å². The topological polar surface area (TPSA) is 31.4 Å². The number of benzene rings is 4. The van der Waals surface area contributed by atoms with E-state index in [0.29, 0.717) is 0 Å². The van der Waals surface area contributed by atoms with Crippen LogP contribution in [-0.4, -0.2) is 4.98 Å². The average molecular weight is 440 g/mol. The minimum atomic E-state index is -0.551. The molecule has 0 bridgehead atoms. The van der Waals surface area contributed by atoms with Crippen LogP contribution in [0.3, 0.4) is 0 Å². The summed E-state index contributed by atoms with van der Waals surface area (Å²) in [5.74, 6) is 3.45. The molecule has 0 saturated heterocycles. The van der Waals surface area contributed by atoms with Gasteiger partial charge in [-0.2, -0.15) is 0 Å². The monoisotopic (exact) mass is 439 g/mol. The van der Waals surface area contributed by atoms with Gasteiger partial charge in [0.25, 0.3) is 0 Å². The Balaban J connectivity index is 1.60. The lowest BCUT2D eigenvalue weighted by atomic mass is 9.62. The van der Waals surface area contributed by atoms with Gasteiger partial charge in [-0.3, -0.25) is 4.98 Å². The highest BCUT2D eigenvalue weighted by atomic mass is 16.5. The maximum absolute atomic E-state index is 6.55. The zero-order valence-electron chi connectivity index (χ0n) is 18.7. The molecular weight excluding hydrogens is 418 g/mol. The number of nitrogens with zero attached hydrogens (tertiary/aromatic N) is 1. The highest BCUT2D eigenvalue weighted by molar-refractivity contribution is 5.77. The summed E-state index contributed by atoms with van der Waals surface area (Å²) in [5.41, 5.74) is 7.03. The Morgan fingerprint density at radius 3 is 1.82 bits per heavy atom. The van der Waals surface area contributed by atoms with Crippen molar-refractivity contribution in [3.63, 3.8) is 0 Å². The lowest BCUT2D eigenvalue weighted by Gasteiger charge is -2.45. The van der Waals surface area contributed by atoms with Crippen LogP contribution in [0.5, 0.6) is 23.0 Å². The van der Waals surface area contributed by atoms with Gasteiger partial charge in [0.05, 0.1) is 11.1 Å². The van der Waals surface area contributed by atoms with E-state index >= 15 is 0 Å². The third kappa shape index (κ3) is 2.55. The Labute approximate surface area is 198 Å². The number of ether oxygens (including phenoxy) is 2. The van der Waals surface area contributed by atoms with Crippen LogP contribution in [0.2, 0.25) is 0 Å². The Morgan fingerprint density at radius 1 is 0.559 bits per heavy atom. The molecule has 0 N–H and O–H groups in total. The van der Waals surface area contributed by atoms with E-state index in [4.69, 9.17) is 9.47 Å². The fourth-order valence-electron chi connectivity index (χ4n) is 5.47. The molecule has 5 aromatic rings. The second kappa shape index (κ2) is 7.06. The first-order valence-corrected chi connectivity index (χ1v) is 11.5. The molecule has 4 aromatic carbocycles. The van der Waals surface area contributed by atoms with E-state index in [-0.39, 0.29) is 0 Å². The molecule has 0 saturated carbocycles. The number of pyridine rings is 1. The van der Waals surface area contributed by atoms with Gasteiger partial charge in [-0.25, -0.2) is 0 Å². The van der Waals surface area contributed by atoms with Crippen LogP contribution in [0.25, 0.3) is 11.3 Å². The zero-order valence-corrected chi connectivity index (χ0v) is 18.7. The molecule has 0 fully saturated rings. The van der Waals surface area contributed by atoms with E-state index in [1.807, 2.05) is 36.5 Å². The van der Waals surface area contributed by atoms with Crippen LogP contribution in [0.1, 0.15) is 27.8 Å². The summed E-state index contributed by atoms with van der Waals surface area (Å²) in [6.07, 6.45) is 1.82. The van der Waals surface area contributed by atoms with Crippen molar-refractivity contribution < 1.29 is 9.47 Å². The molecule has 1 unspecified atom stereocenters. The van der Waals surface area contributed by atoms with Gasteiger partial charge < -0.3 is 9.47 Å². The fourth-order valence-corrected chi connectivity index (χ4v) is 5.47. The summed E-state index contributed by atoms with van der Waals surface area (Å²) >= 11 is 0. The van der Waals surface area contributed by atoms with Crippen LogP contribution < -0.4 is 9.47 Å². The van der Waals surface area contributed by atoms with Crippen LogP contribution >= 0.6 is 0 Å². The van der Waals surface area contributed by atoms with Crippen LogP contribution in [0.15, 0.2) is 109 Å². The molecule has 7 rings (SSSR count). The summed E-state index contributed by atoms with van der Waals surface area (Å²) in [4.78, 5) is 4.55. The predicted octanol–water partition coefficient (Wildman–Crippen LogP) is 7.65. The maximum atomic E-state index is 6.55. The van der Waals surface area contributed by atoms with Gasteiger partial charge in [-0.1, -0.05) is 66.7 Å². The molecule has 0 aliphatic carbocycles. The van der Waals surface area contributed by atoms with Gasteiger partial charge in [0.1, 0.15) is 23.0 Å². The van der Waals surface area contributed by atoms with Crippen molar-refractivity contribution in [3.05, 3.63) is 137 Å². The second-order valence-electron chi connectivity index (χ2n) is 8.87. The van der Waals surface area contributed by atoms with Gasteiger partial charge in [0, 0.05) is 34.0 Å². The van der Waals surface area contributed by atoms with Gasteiger partial charge in [-0.05, 0) is 48.9 Å². The van der Waals surface area contributed by atoms with Crippen molar-refractivity contribution in [2.75, 3.05) is 0 Å². The largest absolute Gasteiger partial charge is 0.457 e. The van der Waals surface area contributed by atoms with Crippen molar-refractivity contribution in [2.24, 2.45) is 0 Å². The average Bonchev–Trinajstić information content (AvgIpc) is 2.88. The van der Waals surface area contributed by atoms with Crippen LogP contribution in [0, 0.1) is 6.92 Å². The van der Waals surface area contributed by atoms with E-state index in [1.165, 1.54) is 5.56 Å². The van der Waals surface area contributed by atoms with Crippen molar-refractivity contribution in [1.82, 2.24) is 4.98 Å². The van der Waals surface area contributed by atoms with Crippen LogP contribution in [0.4, 0.5) is 0 Å². The Morgan fingerprint density at radius 2 is 1.15 bits per heavy atom. The Bertz CT molecular complexity index is 1560. The van der Waals surface area contributed by atoms with Crippen molar-refractivity contribution in [1.29, 1.82) is 0 Å². The minimum Gasteiger partial charge on any atom is -0.457 e. The number of rotatable bonds is 1. The predicted molar refractivity (Wildman–Crippen MR) is 133 cm³/mol. The highest BCUT2D eigenvalue weighted by Gasteiger charge is 2.50. The van der Waals surface area contributed by atoms with E-state index in [1.54, 1.807) is 0 Å². The van der Waals surface area contributed by atoms with E-state index in [9.17, 15) is 0 Å². The zero-order chi connectivity index (χ0) is 22.7. The molecule has 3 nitrogen and oxygen atoms in total. The summed E-state index contributed by atoms with van der Waals surface area (Å²) < 4.78 is 13.0. The van der Waals surface area contributed by atoms with E-state index < -0.39 is 5.41 Å². The molecule has 1 spiro atoms. The molecular formula is C31H21NO2. The van der Waals surface area contributed by atoms with E-state index in [0.717, 1.165) is 56.5 Å². The summed E-state index contributed by atoms with van der Waals surface area (Å²) in [6, 6.07) is 35.6. The van der Waals surface area contributed by atoms with Gasteiger partial charge in [-0.15, -0.1) is 0 Å². The van der Waals surface area contributed by atoms with Crippen molar-refractivity contribution in [2.45, 2.75) is 12.3 Å². The molecule has 3 heteroatoms. The smallest absolute Gasteiger partial charge is 0.132 e. The molecule has 2 aliphatic rings. The summed E-state index contributed by atoms with van der Waals surface area (Å²) in [7, 11) is 0. The minimum absolute atomic E-state index is 0.551. The van der Waals surface area contributed by atoms with Gasteiger partial charge in [0.2, 0.25) is 0 Å². The Kier molecular flexibility index (Phi) is 3.97. The van der Waals surface area contributed by atoms with Gasteiger partial charge in [0.15, 0.2) is 0 Å². The number of para-hydroxylation sites is 2. The lowest BCUT2D eigenvalue weighted by Crippen LogP contribution is -2.36. The standard InChI is InChI=1S/C31H21NO2/c1-20-13-15-24-29(18-20)33-27-11-4-2-8-22(27)31(24)23-9-3-5-12-28(23)34-30-19-21(14-16-25(30)31)26-10-6-7-17-32-26/h2-19H,1H3. The molecule has 1 atom stereocenters. The first kappa shape index (κ1) is 19.1.